The van der Waals surface area contributed by atoms with Gasteiger partial charge in [0.2, 0.25) is 0 Å². The molecule has 2 nitrogen and oxygen atoms in total. The van der Waals surface area contributed by atoms with Crippen molar-refractivity contribution in [1.82, 2.24) is 5.32 Å². The summed E-state index contributed by atoms with van der Waals surface area (Å²) in [6, 6.07) is 5.02. The van der Waals surface area contributed by atoms with Crippen molar-refractivity contribution in [3.63, 3.8) is 0 Å². The molecule has 4 heteroatoms. The molecule has 0 heterocycles. The molecule has 86 valence electrons. The quantitative estimate of drug-likeness (QED) is 0.856. The van der Waals surface area contributed by atoms with Crippen LogP contribution in [0.15, 0.2) is 18.2 Å². The molecule has 0 radical (unpaired) electrons. The zero-order valence-corrected chi connectivity index (χ0v) is 9.51. The van der Waals surface area contributed by atoms with Crippen LogP contribution in [-0.4, -0.2) is 7.05 Å². The molecule has 1 aromatic rings. The maximum atomic E-state index is 13.6. The molecule has 1 N–H and O–H groups in total. The van der Waals surface area contributed by atoms with Crippen molar-refractivity contribution in [1.29, 1.82) is 5.26 Å². The Labute approximate surface area is 93.9 Å². The van der Waals surface area contributed by atoms with Crippen molar-refractivity contribution in [2.24, 2.45) is 5.41 Å². The first kappa shape index (κ1) is 12.6. The first-order valence-electron chi connectivity index (χ1n) is 4.96. The Balaban J connectivity index is 3.20. The lowest BCUT2D eigenvalue weighted by Gasteiger charge is -2.28. The van der Waals surface area contributed by atoms with Gasteiger partial charge in [-0.2, -0.15) is 5.26 Å². The van der Waals surface area contributed by atoms with E-state index >= 15 is 0 Å². The third-order valence-electron chi connectivity index (χ3n) is 2.57. The van der Waals surface area contributed by atoms with Crippen molar-refractivity contribution in [2.75, 3.05) is 7.05 Å². The molecule has 0 bridgehead atoms. The van der Waals surface area contributed by atoms with Gasteiger partial charge in [-0.15, -0.1) is 0 Å². The van der Waals surface area contributed by atoms with Crippen LogP contribution < -0.4 is 5.32 Å². The first-order chi connectivity index (χ1) is 7.42. The van der Waals surface area contributed by atoms with E-state index in [0.29, 0.717) is 5.56 Å². The molecule has 16 heavy (non-hydrogen) atoms. The number of nitrogens with zero attached hydrogens (tertiary/aromatic N) is 1. The summed E-state index contributed by atoms with van der Waals surface area (Å²) in [5.41, 5.74) is -0.469. The molecular formula is C12H14F2N2. The van der Waals surface area contributed by atoms with Gasteiger partial charge in [0.1, 0.15) is 11.6 Å². The van der Waals surface area contributed by atoms with Crippen LogP contribution in [0.1, 0.15) is 25.5 Å². The van der Waals surface area contributed by atoms with Gasteiger partial charge in [0.05, 0.1) is 17.5 Å². The smallest absolute Gasteiger partial charge is 0.130 e. The Morgan fingerprint density at radius 1 is 1.38 bits per heavy atom. The molecule has 0 aliphatic rings. The van der Waals surface area contributed by atoms with Crippen LogP contribution in [0.3, 0.4) is 0 Å². The van der Waals surface area contributed by atoms with Crippen molar-refractivity contribution < 1.29 is 8.78 Å². The van der Waals surface area contributed by atoms with Gasteiger partial charge in [-0.3, -0.25) is 0 Å². The number of benzene rings is 1. The largest absolute Gasteiger partial charge is 0.312 e. The molecule has 0 aromatic heterocycles. The summed E-state index contributed by atoms with van der Waals surface area (Å²) in [4.78, 5) is 0. The highest BCUT2D eigenvalue weighted by Gasteiger charge is 2.31. The van der Waals surface area contributed by atoms with Crippen LogP contribution in [0.4, 0.5) is 8.78 Å². The molecule has 1 unspecified atom stereocenters. The normalized spacial score (nSPS) is 13.2. The predicted octanol–water partition coefficient (Wildman–Crippen LogP) is 2.78. The van der Waals surface area contributed by atoms with Crippen molar-refractivity contribution >= 4 is 0 Å². The van der Waals surface area contributed by atoms with E-state index in [4.69, 9.17) is 5.26 Å². The number of hydrogen-bond donors (Lipinski definition) is 1. The summed E-state index contributed by atoms with van der Waals surface area (Å²) in [6.45, 7) is 3.41. The van der Waals surface area contributed by atoms with Crippen LogP contribution >= 0.6 is 0 Å². The van der Waals surface area contributed by atoms with E-state index < -0.39 is 23.1 Å². The maximum Gasteiger partial charge on any atom is 0.130 e. The molecule has 0 aliphatic carbocycles. The maximum absolute atomic E-state index is 13.6. The Bertz CT molecular complexity index is 422. The minimum atomic E-state index is -0.770. The van der Waals surface area contributed by atoms with E-state index in [1.54, 1.807) is 20.9 Å². The van der Waals surface area contributed by atoms with Crippen LogP contribution in [0, 0.1) is 28.4 Å². The zero-order chi connectivity index (χ0) is 12.3. The number of rotatable bonds is 3. The van der Waals surface area contributed by atoms with E-state index in [1.807, 2.05) is 0 Å². The van der Waals surface area contributed by atoms with Crippen molar-refractivity contribution in [3.8, 4) is 6.07 Å². The number of nitriles is 1. The van der Waals surface area contributed by atoms with Gasteiger partial charge in [0.25, 0.3) is 0 Å². The van der Waals surface area contributed by atoms with E-state index in [1.165, 1.54) is 12.1 Å². The average molecular weight is 224 g/mol. The fourth-order valence-corrected chi connectivity index (χ4v) is 1.71. The summed E-state index contributed by atoms with van der Waals surface area (Å²) < 4.78 is 26.3. The topological polar surface area (TPSA) is 35.8 Å². The van der Waals surface area contributed by atoms with Gasteiger partial charge >= 0.3 is 0 Å². The number of nitrogens with one attached hydrogen (secondary N) is 1. The minimum Gasteiger partial charge on any atom is -0.312 e. The lowest BCUT2D eigenvalue weighted by molar-refractivity contribution is 0.333. The molecule has 0 saturated heterocycles. The first-order valence-corrected chi connectivity index (χ1v) is 4.96. The molecule has 1 aromatic carbocycles. The zero-order valence-electron chi connectivity index (χ0n) is 9.51. The van der Waals surface area contributed by atoms with Crippen LogP contribution in [0.5, 0.6) is 0 Å². The molecule has 1 rings (SSSR count). The minimum absolute atomic E-state index is 0.301. The summed E-state index contributed by atoms with van der Waals surface area (Å²) >= 11 is 0. The van der Waals surface area contributed by atoms with Gasteiger partial charge in [-0.25, -0.2) is 8.78 Å². The third kappa shape index (κ3) is 2.37. The van der Waals surface area contributed by atoms with Crippen LogP contribution in [0.2, 0.25) is 0 Å². The van der Waals surface area contributed by atoms with E-state index in [0.717, 1.165) is 6.07 Å². The van der Waals surface area contributed by atoms with E-state index in [2.05, 4.69) is 11.4 Å². The standard InChI is InChI=1S/C12H14F2N2/c1-12(2,7-15)11(16-3)9-5-4-8(13)6-10(9)14/h4-6,11,16H,1-3H3. The third-order valence-corrected chi connectivity index (χ3v) is 2.57. The number of halogens is 2. The second kappa shape index (κ2) is 4.58. The Morgan fingerprint density at radius 3 is 2.44 bits per heavy atom. The molecule has 0 spiro atoms. The highest BCUT2D eigenvalue weighted by molar-refractivity contribution is 5.26. The van der Waals surface area contributed by atoms with Crippen molar-refractivity contribution in [3.05, 3.63) is 35.4 Å². The van der Waals surface area contributed by atoms with Crippen LogP contribution in [0.25, 0.3) is 0 Å². The average Bonchev–Trinajstić information content (AvgIpc) is 2.22. The molecule has 0 amide bonds. The van der Waals surface area contributed by atoms with E-state index in [-0.39, 0.29) is 0 Å². The predicted molar refractivity (Wildman–Crippen MR) is 57.6 cm³/mol. The lowest BCUT2D eigenvalue weighted by Crippen LogP contribution is -2.31. The molecule has 1 atom stereocenters. The van der Waals surface area contributed by atoms with Crippen molar-refractivity contribution in [2.45, 2.75) is 19.9 Å². The summed E-state index contributed by atoms with van der Waals surface area (Å²) in [5.74, 6) is -1.26. The summed E-state index contributed by atoms with van der Waals surface area (Å²) in [5, 5.41) is 11.9. The number of hydrogen-bond acceptors (Lipinski definition) is 2. The highest BCUT2D eigenvalue weighted by Crippen LogP contribution is 2.33. The van der Waals surface area contributed by atoms with Gasteiger partial charge < -0.3 is 5.32 Å². The highest BCUT2D eigenvalue weighted by atomic mass is 19.1. The molecule has 0 fully saturated rings. The monoisotopic (exact) mass is 224 g/mol. The molecular weight excluding hydrogens is 210 g/mol. The van der Waals surface area contributed by atoms with E-state index in [9.17, 15) is 8.78 Å². The van der Waals surface area contributed by atoms with Gasteiger partial charge in [0.15, 0.2) is 0 Å². The molecule has 0 saturated carbocycles. The van der Waals surface area contributed by atoms with Gasteiger partial charge in [-0.05, 0) is 27.0 Å². The van der Waals surface area contributed by atoms with Gasteiger partial charge in [-0.1, -0.05) is 6.07 Å². The Kier molecular flexibility index (Phi) is 3.61. The SMILES string of the molecule is CNC(c1ccc(F)cc1F)C(C)(C)C#N. The second-order valence-corrected chi connectivity index (χ2v) is 4.22. The second-order valence-electron chi connectivity index (χ2n) is 4.22. The Morgan fingerprint density at radius 2 is 2.00 bits per heavy atom. The summed E-state index contributed by atoms with van der Waals surface area (Å²) in [6.07, 6.45) is 0. The van der Waals surface area contributed by atoms with Crippen LogP contribution in [-0.2, 0) is 0 Å². The molecule has 0 aliphatic heterocycles. The summed E-state index contributed by atoms with van der Waals surface area (Å²) in [7, 11) is 1.65. The lowest BCUT2D eigenvalue weighted by atomic mass is 9.81. The fraction of sp³-hybridized carbons (Fsp3) is 0.417. The fourth-order valence-electron chi connectivity index (χ4n) is 1.71. The Hall–Kier alpha value is -1.47. The van der Waals surface area contributed by atoms with Gasteiger partial charge in [0, 0.05) is 11.6 Å².